The minimum Gasteiger partial charge on any atom is -0.436 e. The first-order chi connectivity index (χ1) is 20.3. The van der Waals surface area contributed by atoms with E-state index in [1.54, 1.807) is 11.3 Å². The Morgan fingerprint density at radius 1 is 0.537 bits per heavy atom. The lowest BCUT2D eigenvalue weighted by Crippen LogP contribution is -2.09. The third kappa shape index (κ3) is 4.17. The predicted molar refractivity (Wildman–Crippen MR) is 172 cm³/mol. The molecule has 0 saturated carbocycles. The van der Waals surface area contributed by atoms with E-state index < -0.39 is 0 Å². The summed E-state index contributed by atoms with van der Waals surface area (Å²) in [6, 6.07) is 50.9. The molecule has 0 saturated heterocycles. The molecule has 194 valence electrons. The lowest BCUT2D eigenvalue weighted by Gasteiger charge is -2.26. The van der Waals surface area contributed by atoms with E-state index in [4.69, 9.17) is 9.40 Å². The molecule has 0 aliphatic carbocycles. The number of oxazole rings is 1. The van der Waals surface area contributed by atoms with Gasteiger partial charge < -0.3 is 9.32 Å². The van der Waals surface area contributed by atoms with Gasteiger partial charge in [-0.15, -0.1) is 11.3 Å². The Balaban J connectivity index is 1.29. The number of para-hydroxylation sites is 3. The van der Waals surface area contributed by atoms with E-state index >= 15 is 0 Å². The number of anilines is 3. The number of thiophene rings is 1. The minimum absolute atomic E-state index is 0.657. The van der Waals surface area contributed by atoms with Crippen LogP contribution in [0.1, 0.15) is 0 Å². The molecule has 0 fully saturated rings. The van der Waals surface area contributed by atoms with Crippen molar-refractivity contribution in [2.24, 2.45) is 0 Å². The molecule has 2 heterocycles. The quantitative estimate of drug-likeness (QED) is 0.216. The molecule has 8 aromatic rings. The highest BCUT2D eigenvalue weighted by Crippen LogP contribution is 2.44. The lowest BCUT2D eigenvalue weighted by atomic mass is 10.0. The molecule has 0 aliphatic heterocycles. The zero-order valence-corrected chi connectivity index (χ0v) is 22.9. The van der Waals surface area contributed by atoms with Crippen LogP contribution in [0.3, 0.4) is 0 Å². The maximum Gasteiger partial charge on any atom is 0.227 e. The van der Waals surface area contributed by atoms with E-state index in [0.29, 0.717) is 5.89 Å². The molecule has 0 unspecified atom stereocenters. The molecule has 0 atom stereocenters. The second kappa shape index (κ2) is 9.77. The fraction of sp³-hybridized carbons (Fsp3) is 0. The molecule has 0 radical (unpaired) electrons. The van der Waals surface area contributed by atoms with Gasteiger partial charge in [0, 0.05) is 42.8 Å². The zero-order valence-electron chi connectivity index (χ0n) is 22.1. The minimum atomic E-state index is 0.657. The largest absolute Gasteiger partial charge is 0.436 e. The van der Waals surface area contributed by atoms with Crippen LogP contribution in [0, 0.1) is 0 Å². The first kappa shape index (κ1) is 23.7. The van der Waals surface area contributed by atoms with E-state index in [1.807, 2.05) is 24.3 Å². The first-order valence-electron chi connectivity index (χ1n) is 13.6. The molecule has 4 heteroatoms. The van der Waals surface area contributed by atoms with Crippen LogP contribution in [0.5, 0.6) is 0 Å². The summed E-state index contributed by atoms with van der Waals surface area (Å²) in [5, 5.41) is 2.39. The summed E-state index contributed by atoms with van der Waals surface area (Å²) in [4.78, 5) is 7.14. The van der Waals surface area contributed by atoms with Crippen molar-refractivity contribution in [1.29, 1.82) is 0 Å². The van der Waals surface area contributed by atoms with E-state index in [9.17, 15) is 0 Å². The monoisotopic (exact) mass is 544 g/mol. The van der Waals surface area contributed by atoms with Crippen LogP contribution in [0.2, 0.25) is 0 Å². The van der Waals surface area contributed by atoms with E-state index in [2.05, 4.69) is 126 Å². The van der Waals surface area contributed by atoms with Crippen molar-refractivity contribution in [1.82, 2.24) is 4.98 Å². The van der Waals surface area contributed by atoms with Crippen molar-refractivity contribution in [3.63, 3.8) is 0 Å². The third-order valence-electron chi connectivity index (χ3n) is 7.49. The average Bonchev–Trinajstić information content (AvgIpc) is 3.64. The molecular weight excluding hydrogens is 520 g/mol. The van der Waals surface area contributed by atoms with Gasteiger partial charge in [0.2, 0.25) is 5.89 Å². The molecule has 0 spiro atoms. The Morgan fingerprint density at radius 3 is 2.10 bits per heavy atom. The van der Waals surface area contributed by atoms with Crippen molar-refractivity contribution in [3.8, 4) is 22.6 Å². The first-order valence-corrected chi connectivity index (χ1v) is 14.5. The van der Waals surface area contributed by atoms with Gasteiger partial charge in [0.1, 0.15) is 5.52 Å². The highest BCUT2D eigenvalue weighted by atomic mass is 32.1. The average molecular weight is 545 g/mol. The number of benzene rings is 6. The number of hydrogen-bond acceptors (Lipinski definition) is 4. The second-order valence-electron chi connectivity index (χ2n) is 10.0. The Hall–Kier alpha value is -5.19. The zero-order chi connectivity index (χ0) is 27.2. The Morgan fingerprint density at radius 2 is 1.24 bits per heavy atom. The molecule has 41 heavy (non-hydrogen) atoms. The van der Waals surface area contributed by atoms with E-state index in [0.717, 1.165) is 33.7 Å². The topological polar surface area (TPSA) is 29.3 Å². The number of nitrogens with zero attached hydrogens (tertiary/aromatic N) is 2. The summed E-state index contributed by atoms with van der Waals surface area (Å²) in [5.74, 6) is 0.657. The normalized spacial score (nSPS) is 11.4. The summed E-state index contributed by atoms with van der Waals surface area (Å²) < 4.78 is 8.63. The van der Waals surface area contributed by atoms with Crippen LogP contribution in [0.15, 0.2) is 150 Å². The van der Waals surface area contributed by atoms with Gasteiger partial charge in [-0.1, -0.05) is 84.9 Å². The van der Waals surface area contributed by atoms with Crippen LogP contribution < -0.4 is 4.90 Å². The maximum absolute atomic E-state index is 6.19. The third-order valence-corrected chi connectivity index (χ3v) is 8.61. The summed E-state index contributed by atoms with van der Waals surface area (Å²) in [6.07, 6.45) is 0. The Kier molecular flexibility index (Phi) is 5.64. The standard InChI is InChI=1S/C37H24N2OS/c1-3-11-25(12-4-1)26-13-9-16-28(23-26)39(27-14-5-2-6-15-27)29-21-22-30-35(24-29)41-34-20-10-17-31(36(30)34)37-38-32-18-7-8-19-33(32)40-37/h1-24H. The van der Waals surface area contributed by atoms with E-state index in [-0.39, 0.29) is 0 Å². The fourth-order valence-electron chi connectivity index (χ4n) is 5.60. The molecule has 2 aromatic heterocycles. The van der Waals surface area contributed by atoms with Crippen LogP contribution in [0.4, 0.5) is 17.1 Å². The molecule has 0 N–H and O–H groups in total. The van der Waals surface area contributed by atoms with E-state index in [1.165, 1.54) is 31.3 Å². The molecular formula is C37H24N2OS. The van der Waals surface area contributed by atoms with Gasteiger partial charge in [0.25, 0.3) is 0 Å². The van der Waals surface area contributed by atoms with Gasteiger partial charge in [0.05, 0.1) is 0 Å². The summed E-state index contributed by atoms with van der Waals surface area (Å²) in [7, 11) is 0. The van der Waals surface area contributed by atoms with Crippen molar-refractivity contribution < 1.29 is 4.42 Å². The lowest BCUT2D eigenvalue weighted by molar-refractivity contribution is 0.620. The van der Waals surface area contributed by atoms with Crippen molar-refractivity contribution in [3.05, 3.63) is 146 Å². The molecule has 3 nitrogen and oxygen atoms in total. The second-order valence-corrected chi connectivity index (χ2v) is 11.1. The highest BCUT2D eigenvalue weighted by Gasteiger charge is 2.18. The van der Waals surface area contributed by atoms with Crippen LogP contribution in [-0.4, -0.2) is 4.98 Å². The van der Waals surface area contributed by atoms with Crippen molar-refractivity contribution in [2.45, 2.75) is 0 Å². The van der Waals surface area contributed by atoms with Gasteiger partial charge in [-0.05, 0) is 71.8 Å². The number of rotatable bonds is 5. The molecule has 0 aliphatic rings. The van der Waals surface area contributed by atoms with Gasteiger partial charge in [-0.3, -0.25) is 0 Å². The summed E-state index contributed by atoms with van der Waals surface area (Å²) in [5.41, 5.74) is 8.44. The van der Waals surface area contributed by atoms with Gasteiger partial charge in [0.15, 0.2) is 5.58 Å². The number of fused-ring (bicyclic) bond motifs is 4. The van der Waals surface area contributed by atoms with Crippen molar-refractivity contribution in [2.75, 3.05) is 4.90 Å². The Labute approximate surface area is 241 Å². The molecule has 0 bridgehead atoms. The number of aromatic nitrogens is 1. The van der Waals surface area contributed by atoms with Crippen LogP contribution >= 0.6 is 11.3 Å². The molecule has 0 amide bonds. The summed E-state index contributed by atoms with van der Waals surface area (Å²) in [6.45, 7) is 0. The van der Waals surface area contributed by atoms with Gasteiger partial charge in [-0.2, -0.15) is 0 Å². The van der Waals surface area contributed by atoms with Crippen LogP contribution in [0.25, 0.3) is 53.9 Å². The fourth-order valence-corrected chi connectivity index (χ4v) is 6.76. The maximum atomic E-state index is 6.19. The molecule has 8 rings (SSSR count). The SMILES string of the molecule is c1ccc(-c2cccc(N(c3ccccc3)c3ccc4c(c3)sc3cccc(-c5nc6ccccc6o5)c34)c2)cc1. The predicted octanol–water partition coefficient (Wildman–Crippen LogP) is 11.0. The molecule has 6 aromatic carbocycles. The van der Waals surface area contributed by atoms with Crippen LogP contribution in [-0.2, 0) is 0 Å². The van der Waals surface area contributed by atoms with Crippen molar-refractivity contribution >= 4 is 59.7 Å². The Bertz CT molecular complexity index is 2130. The smallest absolute Gasteiger partial charge is 0.227 e. The highest BCUT2D eigenvalue weighted by molar-refractivity contribution is 7.26. The number of hydrogen-bond donors (Lipinski definition) is 0. The van der Waals surface area contributed by atoms with Gasteiger partial charge in [-0.25, -0.2) is 4.98 Å². The van der Waals surface area contributed by atoms with Gasteiger partial charge >= 0.3 is 0 Å². The summed E-state index contributed by atoms with van der Waals surface area (Å²) >= 11 is 1.80.